The molecule has 3 heteroatoms. The lowest BCUT2D eigenvalue weighted by molar-refractivity contribution is 0.0580. The molecule has 1 aliphatic heterocycles. The largest absolute Gasteiger partial charge is 0.274 e. The molecule has 5 aromatic rings. The van der Waals surface area contributed by atoms with E-state index in [4.69, 9.17) is 6.42 Å². The third kappa shape index (κ3) is 2.99. The molecule has 0 radical (unpaired) electrons. The van der Waals surface area contributed by atoms with Crippen LogP contribution in [0.15, 0.2) is 54.6 Å². The van der Waals surface area contributed by atoms with Crippen LogP contribution in [0.5, 0.6) is 0 Å². The number of nitrogens with zero attached hydrogens (tertiary/aromatic N) is 1. The number of fused-ring (bicyclic) bond motifs is 2. The molecule has 2 amide bonds. The highest BCUT2D eigenvalue weighted by atomic mass is 16.2. The van der Waals surface area contributed by atoms with Crippen LogP contribution < -0.4 is 0 Å². The molecule has 5 aromatic carbocycles. The zero-order chi connectivity index (χ0) is 24.3. The number of unbranched alkanes of at least 4 members (excludes halogenated alkanes) is 1. The van der Waals surface area contributed by atoms with E-state index in [1.165, 1.54) is 4.90 Å². The van der Waals surface area contributed by atoms with Crippen molar-refractivity contribution >= 4 is 54.9 Å². The molecule has 1 atom stereocenters. The summed E-state index contributed by atoms with van der Waals surface area (Å²) in [4.78, 5) is 28.8. The molecule has 1 unspecified atom stereocenters. The summed E-state index contributed by atoms with van der Waals surface area (Å²) in [5, 5.41) is 8.27. The number of rotatable bonds is 6. The molecule has 6 rings (SSSR count). The lowest BCUT2D eigenvalue weighted by Gasteiger charge is -2.31. The summed E-state index contributed by atoms with van der Waals surface area (Å²) in [5.41, 5.74) is 2.12. The number of carbonyl (C=O) groups excluding carboxylic acids is 2. The van der Waals surface area contributed by atoms with Crippen LogP contribution in [0, 0.1) is 18.3 Å². The Kier molecular flexibility index (Phi) is 5.00. The van der Waals surface area contributed by atoms with Crippen molar-refractivity contribution in [2.75, 3.05) is 6.54 Å². The van der Waals surface area contributed by atoms with E-state index >= 15 is 0 Å². The Hall–Kier alpha value is -3.90. The fourth-order valence-corrected chi connectivity index (χ4v) is 6.01. The molecule has 35 heavy (non-hydrogen) atoms. The monoisotopic (exact) mass is 457 g/mol. The molecule has 3 nitrogen and oxygen atoms in total. The van der Waals surface area contributed by atoms with Crippen molar-refractivity contribution in [3.05, 3.63) is 71.3 Å². The Bertz CT molecular complexity index is 1630. The molecular weight excluding hydrogens is 430 g/mol. The second kappa shape index (κ2) is 8.10. The summed E-state index contributed by atoms with van der Waals surface area (Å²) in [5.74, 6) is 2.79. The first-order valence-electron chi connectivity index (χ1n) is 12.6. The number of benzene rings is 5. The van der Waals surface area contributed by atoms with Crippen LogP contribution in [0.3, 0.4) is 0 Å². The van der Waals surface area contributed by atoms with Crippen molar-refractivity contribution in [3.8, 4) is 12.3 Å². The summed E-state index contributed by atoms with van der Waals surface area (Å²) < 4.78 is 0. The minimum absolute atomic E-state index is 0.173. The summed E-state index contributed by atoms with van der Waals surface area (Å²) in [7, 11) is 0. The van der Waals surface area contributed by atoms with Crippen LogP contribution in [0.4, 0.5) is 0 Å². The van der Waals surface area contributed by atoms with E-state index in [2.05, 4.69) is 38.0 Å². The molecule has 0 N–H and O–H groups in total. The molecule has 0 aromatic heterocycles. The normalized spacial score (nSPS) is 14.5. The highest BCUT2D eigenvalue weighted by molar-refractivity contribution is 6.38. The Morgan fingerprint density at radius 1 is 0.771 bits per heavy atom. The van der Waals surface area contributed by atoms with Gasteiger partial charge in [-0.1, -0.05) is 75.4 Å². The van der Waals surface area contributed by atoms with E-state index < -0.39 is 0 Å². The summed E-state index contributed by atoms with van der Waals surface area (Å²) in [6.07, 6.45) is 10.0. The summed E-state index contributed by atoms with van der Waals surface area (Å²) in [6.45, 7) is 4.80. The zero-order valence-corrected chi connectivity index (χ0v) is 20.2. The molecule has 0 spiro atoms. The van der Waals surface area contributed by atoms with Gasteiger partial charge in [-0.25, -0.2) is 0 Å². The highest BCUT2D eigenvalue weighted by Gasteiger charge is 2.35. The van der Waals surface area contributed by atoms with E-state index in [0.29, 0.717) is 23.6 Å². The highest BCUT2D eigenvalue weighted by Crippen LogP contribution is 2.44. The van der Waals surface area contributed by atoms with Crippen molar-refractivity contribution in [1.29, 1.82) is 0 Å². The van der Waals surface area contributed by atoms with Gasteiger partial charge < -0.3 is 0 Å². The molecule has 0 fully saturated rings. The second-order valence-corrected chi connectivity index (χ2v) is 9.74. The van der Waals surface area contributed by atoms with Gasteiger partial charge >= 0.3 is 0 Å². The number of amides is 2. The van der Waals surface area contributed by atoms with Crippen LogP contribution in [0.1, 0.15) is 65.8 Å². The Morgan fingerprint density at radius 3 is 2.00 bits per heavy atom. The van der Waals surface area contributed by atoms with E-state index in [-0.39, 0.29) is 11.8 Å². The van der Waals surface area contributed by atoms with E-state index in [0.717, 1.165) is 74.3 Å². The van der Waals surface area contributed by atoms with Gasteiger partial charge in [0.25, 0.3) is 11.8 Å². The smallest absolute Gasteiger partial charge is 0.261 e. The lowest BCUT2D eigenvalue weighted by atomic mass is 9.84. The molecule has 1 heterocycles. The van der Waals surface area contributed by atoms with Crippen molar-refractivity contribution in [1.82, 2.24) is 4.90 Å². The third-order valence-electron chi connectivity index (χ3n) is 7.87. The number of terminal acetylenes is 1. The van der Waals surface area contributed by atoms with Gasteiger partial charge in [0, 0.05) is 28.6 Å². The molecule has 0 aliphatic carbocycles. The first-order chi connectivity index (χ1) is 17.1. The minimum Gasteiger partial charge on any atom is -0.274 e. The fraction of sp³-hybridized carbons (Fsp3) is 0.250. The Morgan fingerprint density at radius 2 is 1.37 bits per heavy atom. The average Bonchev–Trinajstić information content (AvgIpc) is 2.89. The standard InChI is InChI=1S/C32H27NO2/c1-4-7-9-19(5-2)18-33-31(34)26-16-14-24-22-11-8-10-21-20(6-3)12-13-23(28(21)22)25-15-17-27(32(33)35)30(26)29(24)25/h3,8,10-17,19H,4-5,7,9,18H2,1-2H3. The van der Waals surface area contributed by atoms with Gasteiger partial charge in [0.2, 0.25) is 0 Å². The van der Waals surface area contributed by atoms with Gasteiger partial charge in [-0.05, 0) is 68.2 Å². The zero-order valence-electron chi connectivity index (χ0n) is 20.2. The topological polar surface area (TPSA) is 37.4 Å². The number of hydrogen-bond donors (Lipinski definition) is 0. The quantitative estimate of drug-likeness (QED) is 0.114. The van der Waals surface area contributed by atoms with Crippen LogP contribution in [0.2, 0.25) is 0 Å². The van der Waals surface area contributed by atoms with E-state index in [9.17, 15) is 9.59 Å². The van der Waals surface area contributed by atoms with Crippen molar-refractivity contribution < 1.29 is 9.59 Å². The van der Waals surface area contributed by atoms with Gasteiger partial charge in [0.15, 0.2) is 0 Å². The van der Waals surface area contributed by atoms with Crippen molar-refractivity contribution in [2.45, 2.75) is 39.5 Å². The Balaban J connectivity index is 1.61. The van der Waals surface area contributed by atoms with Gasteiger partial charge in [-0.15, -0.1) is 6.42 Å². The predicted molar refractivity (Wildman–Crippen MR) is 144 cm³/mol. The second-order valence-electron chi connectivity index (χ2n) is 9.74. The van der Waals surface area contributed by atoms with Gasteiger partial charge in [-0.3, -0.25) is 14.5 Å². The van der Waals surface area contributed by atoms with Crippen LogP contribution >= 0.6 is 0 Å². The SMILES string of the molecule is C#Cc1ccc2c3ccc4c5c(ccc(c6cccc1c62)c53)C(=O)N(CC(CC)CCCC)C4=O. The lowest BCUT2D eigenvalue weighted by Crippen LogP contribution is -2.43. The molecule has 0 saturated heterocycles. The fourth-order valence-electron chi connectivity index (χ4n) is 6.01. The maximum absolute atomic E-state index is 13.7. The number of hydrogen-bond acceptors (Lipinski definition) is 2. The molecule has 0 bridgehead atoms. The van der Waals surface area contributed by atoms with E-state index in [1.807, 2.05) is 36.4 Å². The summed E-state index contributed by atoms with van der Waals surface area (Å²) in [6, 6.07) is 18.2. The van der Waals surface area contributed by atoms with Crippen molar-refractivity contribution in [2.24, 2.45) is 5.92 Å². The maximum atomic E-state index is 13.7. The molecular formula is C32H27NO2. The van der Waals surface area contributed by atoms with Gasteiger partial charge in [0.05, 0.1) is 0 Å². The average molecular weight is 458 g/mol. The molecule has 1 aliphatic rings. The number of imide groups is 1. The van der Waals surface area contributed by atoms with Gasteiger partial charge in [0.1, 0.15) is 0 Å². The Labute approximate surface area is 205 Å². The van der Waals surface area contributed by atoms with Crippen molar-refractivity contribution in [3.63, 3.8) is 0 Å². The van der Waals surface area contributed by atoms with E-state index in [1.54, 1.807) is 0 Å². The summed E-state index contributed by atoms with van der Waals surface area (Å²) >= 11 is 0. The third-order valence-corrected chi connectivity index (χ3v) is 7.87. The first-order valence-corrected chi connectivity index (χ1v) is 12.6. The molecule has 0 saturated carbocycles. The van der Waals surface area contributed by atoms with Gasteiger partial charge in [-0.2, -0.15) is 0 Å². The predicted octanol–water partition coefficient (Wildman–Crippen LogP) is 7.53. The molecule has 172 valence electrons. The van der Waals surface area contributed by atoms with Crippen LogP contribution in [-0.4, -0.2) is 23.3 Å². The van der Waals surface area contributed by atoms with Crippen LogP contribution in [-0.2, 0) is 0 Å². The maximum Gasteiger partial charge on any atom is 0.261 e. The first kappa shape index (κ1) is 21.6. The van der Waals surface area contributed by atoms with Crippen LogP contribution in [0.25, 0.3) is 43.1 Å². The minimum atomic E-state index is -0.173. The number of carbonyl (C=O) groups is 2.